The summed E-state index contributed by atoms with van der Waals surface area (Å²) < 4.78 is 8.86. The van der Waals surface area contributed by atoms with Gasteiger partial charge in [0.15, 0.2) is 0 Å². The van der Waals surface area contributed by atoms with Gasteiger partial charge in [0.1, 0.15) is 11.4 Å². The highest BCUT2D eigenvalue weighted by Crippen LogP contribution is 2.33. The maximum atomic E-state index is 13.0. The molecular formula is C22H27N5O2. The number of fused-ring (bicyclic) bond motifs is 1. The van der Waals surface area contributed by atoms with Gasteiger partial charge in [0.2, 0.25) is 0 Å². The average molecular weight is 393 g/mol. The van der Waals surface area contributed by atoms with Crippen molar-refractivity contribution in [2.45, 2.75) is 38.6 Å². The van der Waals surface area contributed by atoms with Gasteiger partial charge in [-0.2, -0.15) is 10.2 Å². The Morgan fingerprint density at radius 3 is 2.97 bits per heavy atom. The molecule has 1 unspecified atom stereocenters. The number of carbonyl (C=O) groups is 1. The second-order valence-electron chi connectivity index (χ2n) is 7.51. The summed E-state index contributed by atoms with van der Waals surface area (Å²) in [5.41, 5.74) is 4.73. The first-order valence-electron chi connectivity index (χ1n) is 10.1. The van der Waals surface area contributed by atoms with Crippen LogP contribution in [0.3, 0.4) is 0 Å². The molecule has 0 aliphatic heterocycles. The van der Waals surface area contributed by atoms with Gasteiger partial charge >= 0.3 is 0 Å². The van der Waals surface area contributed by atoms with Gasteiger partial charge < -0.3 is 10.1 Å². The molecule has 0 saturated heterocycles. The molecule has 1 atom stereocenters. The molecule has 4 rings (SSSR count). The SMILES string of the molecule is CCn1cc(-c2nn(C)cc2C(=O)NCC2CCCc3cc(OC)ccc32)cn1. The molecular weight excluding hydrogens is 366 g/mol. The van der Waals surface area contributed by atoms with Gasteiger partial charge in [0, 0.05) is 44.0 Å². The standard InChI is InChI=1S/C22H27N5O2/c1-4-27-13-17(12-24-27)21-20(14-26(2)25-21)22(28)23-11-16-7-5-6-15-10-18(29-3)8-9-19(15)16/h8-10,12-14,16H,4-7,11H2,1-3H3,(H,23,28). The summed E-state index contributed by atoms with van der Waals surface area (Å²) in [7, 11) is 3.52. The van der Waals surface area contributed by atoms with Crippen LogP contribution in [0.5, 0.6) is 5.75 Å². The van der Waals surface area contributed by atoms with Crippen LogP contribution >= 0.6 is 0 Å². The predicted octanol–water partition coefficient (Wildman–Crippen LogP) is 3.16. The molecule has 29 heavy (non-hydrogen) atoms. The first-order chi connectivity index (χ1) is 14.1. The van der Waals surface area contributed by atoms with Crippen molar-refractivity contribution in [3.05, 3.63) is 53.5 Å². The monoisotopic (exact) mass is 393 g/mol. The van der Waals surface area contributed by atoms with E-state index < -0.39 is 0 Å². The summed E-state index contributed by atoms with van der Waals surface area (Å²) in [5, 5.41) is 11.9. The van der Waals surface area contributed by atoms with Gasteiger partial charge in [-0.3, -0.25) is 14.2 Å². The van der Waals surface area contributed by atoms with E-state index in [4.69, 9.17) is 4.74 Å². The normalized spacial score (nSPS) is 15.8. The maximum absolute atomic E-state index is 13.0. The van der Waals surface area contributed by atoms with Gasteiger partial charge in [-0.05, 0) is 49.4 Å². The molecule has 152 valence electrons. The Morgan fingerprint density at radius 2 is 2.21 bits per heavy atom. The van der Waals surface area contributed by atoms with Crippen molar-refractivity contribution in [1.82, 2.24) is 24.9 Å². The zero-order valence-corrected chi connectivity index (χ0v) is 17.2. The van der Waals surface area contributed by atoms with E-state index in [0.29, 0.717) is 23.7 Å². The van der Waals surface area contributed by atoms with Crippen molar-refractivity contribution in [3.8, 4) is 17.0 Å². The van der Waals surface area contributed by atoms with E-state index in [2.05, 4.69) is 27.6 Å². The van der Waals surface area contributed by atoms with Gasteiger partial charge in [0.25, 0.3) is 5.91 Å². The molecule has 7 heteroatoms. The smallest absolute Gasteiger partial charge is 0.255 e. The summed E-state index contributed by atoms with van der Waals surface area (Å²) in [6.07, 6.45) is 8.70. The maximum Gasteiger partial charge on any atom is 0.255 e. The molecule has 0 radical (unpaired) electrons. The van der Waals surface area contributed by atoms with Crippen LogP contribution in [-0.4, -0.2) is 39.1 Å². The van der Waals surface area contributed by atoms with Crippen LogP contribution in [0.25, 0.3) is 11.3 Å². The second kappa shape index (κ2) is 8.11. The first kappa shape index (κ1) is 19.2. The van der Waals surface area contributed by atoms with Gasteiger partial charge in [-0.25, -0.2) is 0 Å². The number of hydrogen-bond donors (Lipinski definition) is 1. The number of amides is 1. The van der Waals surface area contributed by atoms with Crippen molar-refractivity contribution >= 4 is 5.91 Å². The van der Waals surface area contributed by atoms with E-state index in [1.54, 1.807) is 24.2 Å². The number of nitrogens with one attached hydrogen (secondary N) is 1. The summed E-state index contributed by atoms with van der Waals surface area (Å²) in [5.74, 6) is 1.11. The van der Waals surface area contributed by atoms with Crippen LogP contribution in [0.2, 0.25) is 0 Å². The van der Waals surface area contributed by atoms with Crippen LogP contribution in [0.4, 0.5) is 0 Å². The molecule has 0 fully saturated rings. The van der Waals surface area contributed by atoms with Crippen LogP contribution in [-0.2, 0) is 20.0 Å². The van der Waals surface area contributed by atoms with Gasteiger partial charge in [-0.15, -0.1) is 0 Å². The summed E-state index contributed by atoms with van der Waals surface area (Å²) in [6.45, 7) is 3.42. The number of aryl methyl sites for hydroxylation is 3. The largest absolute Gasteiger partial charge is 0.497 e. The minimum Gasteiger partial charge on any atom is -0.497 e. The molecule has 2 heterocycles. The van der Waals surface area contributed by atoms with Crippen LogP contribution in [0.15, 0.2) is 36.8 Å². The zero-order valence-electron chi connectivity index (χ0n) is 17.2. The number of rotatable bonds is 6. The zero-order chi connectivity index (χ0) is 20.4. The van der Waals surface area contributed by atoms with E-state index in [-0.39, 0.29) is 5.91 Å². The number of methoxy groups -OCH3 is 1. The fourth-order valence-electron chi connectivity index (χ4n) is 4.07. The molecule has 2 aromatic heterocycles. The van der Waals surface area contributed by atoms with Crippen molar-refractivity contribution < 1.29 is 9.53 Å². The summed E-state index contributed by atoms with van der Waals surface area (Å²) in [4.78, 5) is 13.0. The lowest BCUT2D eigenvalue weighted by Crippen LogP contribution is -2.30. The minimum absolute atomic E-state index is 0.0991. The van der Waals surface area contributed by atoms with Crippen LogP contribution < -0.4 is 10.1 Å². The molecule has 7 nitrogen and oxygen atoms in total. The molecule has 1 aliphatic carbocycles. The van der Waals surface area contributed by atoms with E-state index in [9.17, 15) is 4.79 Å². The van der Waals surface area contributed by atoms with E-state index in [1.807, 2.05) is 30.9 Å². The molecule has 1 amide bonds. The van der Waals surface area contributed by atoms with E-state index in [0.717, 1.165) is 37.1 Å². The minimum atomic E-state index is -0.0991. The van der Waals surface area contributed by atoms with Crippen LogP contribution in [0, 0.1) is 0 Å². The molecule has 1 aromatic carbocycles. The van der Waals surface area contributed by atoms with E-state index >= 15 is 0 Å². The molecule has 3 aromatic rings. The fraction of sp³-hybridized carbons (Fsp3) is 0.409. The lowest BCUT2D eigenvalue weighted by atomic mass is 9.82. The quantitative estimate of drug-likeness (QED) is 0.698. The number of ether oxygens (including phenoxy) is 1. The highest BCUT2D eigenvalue weighted by molar-refractivity contribution is 5.99. The van der Waals surface area contributed by atoms with Crippen molar-refractivity contribution in [2.75, 3.05) is 13.7 Å². The van der Waals surface area contributed by atoms with Crippen molar-refractivity contribution in [2.24, 2.45) is 7.05 Å². The predicted molar refractivity (Wildman–Crippen MR) is 111 cm³/mol. The second-order valence-corrected chi connectivity index (χ2v) is 7.51. The summed E-state index contributed by atoms with van der Waals surface area (Å²) >= 11 is 0. The Labute approximate surface area is 170 Å². The van der Waals surface area contributed by atoms with E-state index in [1.165, 1.54) is 11.1 Å². The summed E-state index contributed by atoms with van der Waals surface area (Å²) in [6, 6.07) is 6.26. The lowest BCUT2D eigenvalue weighted by molar-refractivity contribution is 0.0951. The molecule has 0 bridgehead atoms. The number of carbonyl (C=O) groups excluding carboxylic acids is 1. The molecule has 0 spiro atoms. The molecule has 0 saturated carbocycles. The number of hydrogen-bond acceptors (Lipinski definition) is 4. The van der Waals surface area contributed by atoms with Gasteiger partial charge in [-0.1, -0.05) is 6.07 Å². The third-order valence-electron chi connectivity index (χ3n) is 5.60. The molecule has 1 aliphatic rings. The third-order valence-corrected chi connectivity index (χ3v) is 5.60. The van der Waals surface area contributed by atoms with Crippen molar-refractivity contribution in [1.29, 1.82) is 0 Å². The fourth-order valence-corrected chi connectivity index (χ4v) is 4.07. The Morgan fingerprint density at radius 1 is 1.34 bits per heavy atom. The Balaban J connectivity index is 1.50. The highest BCUT2D eigenvalue weighted by Gasteiger charge is 2.23. The lowest BCUT2D eigenvalue weighted by Gasteiger charge is -2.26. The Hall–Kier alpha value is -3.09. The van der Waals surface area contributed by atoms with Crippen LogP contribution in [0.1, 0.15) is 47.2 Å². The van der Waals surface area contributed by atoms with Crippen molar-refractivity contribution in [3.63, 3.8) is 0 Å². The molecule has 1 N–H and O–H groups in total. The number of nitrogens with zero attached hydrogens (tertiary/aromatic N) is 4. The topological polar surface area (TPSA) is 74.0 Å². The Bertz CT molecular complexity index is 1020. The number of benzene rings is 1. The van der Waals surface area contributed by atoms with Gasteiger partial charge in [0.05, 0.1) is 18.9 Å². The first-order valence-corrected chi connectivity index (χ1v) is 10.1. The number of aromatic nitrogens is 4. The highest BCUT2D eigenvalue weighted by atomic mass is 16.5. The average Bonchev–Trinajstić information content (AvgIpc) is 3.37. The third kappa shape index (κ3) is 3.90. The Kier molecular flexibility index (Phi) is 5.38.